The summed E-state index contributed by atoms with van der Waals surface area (Å²) in [4.78, 5) is 35.0. The fourth-order valence-corrected chi connectivity index (χ4v) is 2.48. The van der Waals surface area contributed by atoms with E-state index in [1.165, 1.54) is 6.20 Å². The second-order valence-corrected chi connectivity index (χ2v) is 5.76. The van der Waals surface area contributed by atoms with Crippen LogP contribution in [0.15, 0.2) is 53.5 Å². The number of H-pyrrole nitrogens is 1. The van der Waals surface area contributed by atoms with Crippen molar-refractivity contribution in [3.63, 3.8) is 0 Å². The van der Waals surface area contributed by atoms with E-state index in [9.17, 15) is 9.59 Å². The number of amides is 1. The number of ether oxygens (including phenoxy) is 1. The van der Waals surface area contributed by atoms with Crippen LogP contribution in [0.5, 0.6) is 5.75 Å². The Balaban J connectivity index is 1.81. The van der Waals surface area contributed by atoms with Crippen LogP contribution in [0.2, 0.25) is 5.15 Å². The summed E-state index contributed by atoms with van der Waals surface area (Å²) >= 11 is 5.93. The van der Waals surface area contributed by atoms with Crippen LogP contribution in [0.3, 0.4) is 0 Å². The van der Waals surface area contributed by atoms with Gasteiger partial charge in [-0.05, 0) is 29.8 Å². The van der Waals surface area contributed by atoms with Crippen molar-refractivity contribution >= 4 is 23.2 Å². The standard InChI is InChI=1S/C18H15ClN4O3/c1-26-12-6-4-11(5-7-12)9-15-21-14(10-16(24)23-15)18(25)22-13-3-2-8-20-17(13)19/h2-8,10H,9H2,1H3,(H,22,25)(H,21,23,24). The van der Waals surface area contributed by atoms with E-state index in [0.717, 1.165) is 17.4 Å². The number of nitrogens with one attached hydrogen (secondary N) is 2. The summed E-state index contributed by atoms with van der Waals surface area (Å²) < 4.78 is 5.11. The van der Waals surface area contributed by atoms with Gasteiger partial charge in [0.1, 0.15) is 17.3 Å². The molecule has 1 amide bonds. The maximum atomic E-state index is 12.4. The summed E-state index contributed by atoms with van der Waals surface area (Å²) in [5.41, 5.74) is 0.850. The first-order chi connectivity index (χ1) is 12.5. The molecule has 1 aromatic carbocycles. The molecular weight excluding hydrogens is 356 g/mol. The van der Waals surface area contributed by atoms with Crippen LogP contribution in [0, 0.1) is 0 Å². The van der Waals surface area contributed by atoms with Crippen molar-refractivity contribution in [1.82, 2.24) is 15.0 Å². The number of halogens is 1. The average Bonchev–Trinajstić information content (AvgIpc) is 2.64. The Hall–Kier alpha value is -3.19. The van der Waals surface area contributed by atoms with Crippen LogP contribution >= 0.6 is 11.6 Å². The molecule has 0 saturated carbocycles. The number of nitrogens with zero attached hydrogens (tertiary/aromatic N) is 2. The first-order valence-corrected chi connectivity index (χ1v) is 8.08. The summed E-state index contributed by atoms with van der Waals surface area (Å²) in [5.74, 6) is 0.573. The molecule has 0 aliphatic rings. The summed E-state index contributed by atoms with van der Waals surface area (Å²) in [5, 5.41) is 2.75. The largest absolute Gasteiger partial charge is 0.497 e. The highest BCUT2D eigenvalue weighted by atomic mass is 35.5. The fraction of sp³-hybridized carbons (Fsp3) is 0.111. The highest BCUT2D eigenvalue weighted by molar-refractivity contribution is 6.32. The number of rotatable bonds is 5. The minimum absolute atomic E-state index is 0.00261. The Kier molecular flexibility index (Phi) is 5.28. The van der Waals surface area contributed by atoms with E-state index in [4.69, 9.17) is 16.3 Å². The predicted molar refractivity (Wildman–Crippen MR) is 97.9 cm³/mol. The molecule has 2 N–H and O–H groups in total. The first kappa shape index (κ1) is 17.6. The maximum Gasteiger partial charge on any atom is 0.274 e. The first-order valence-electron chi connectivity index (χ1n) is 7.70. The smallest absolute Gasteiger partial charge is 0.274 e. The van der Waals surface area contributed by atoms with Crippen molar-refractivity contribution in [2.75, 3.05) is 12.4 Å². The van der Waals surface area contributed by atoms with Gasteiger partial charge >= 0.3 is 0 Å². The molecule has 2 heterocycles. The number of anilines is 1. The topological polar surface area (TPSA) is 97.0 Å². The number of hydrogen-bond donors (Lipinski definition) is 2. The predicted octanol–water partition coefficient (Wildman–Crippen LogP) is 2.67. The lowest BCUT2D eigenvalue weighted by molar-refractivity contribution is 0.102. The van der Waals surface area contributed by atoms with E-state index in [1.807, 2.05) is 24.3 Å². The molecule has 0 fully saturated rings. The summed E-state index contributed by atoms with van der Waals surface area (Å²) in [6.45, 7) is 0. The third-order valence-corrected chi connectivity index (χ3v) is 3.86. The minimum Gasteiger partial charge on any atom is -0.497 e. The Bertz CT molecular complexity index is 986. The Morgan fingerprint density at radius 3 is 2.73 bits per heavy atom. The molecule has 0 spiro atoms. The minimum atomic E-state index is -0.540. The van der Waals surface area contributed by atoms with Crippen molar-refractivity contribution in [2.24, 2.45) is 0 Å². The molecular formula is C18H15ClN4O3. The number of methoxy groups -OCH3 is 1. The number of carbonyl (C=O) groups excluding carboxylic acids is 1. The summed E-state index contributed by atoms with van der Waals surface area (Å²) in [7, 11) is 1.59. The number of aromatic nitrogens is 3. The van der Waals surface area contributed by atoms with Gasteiger partial charge in [-0.1, -0.05) is 23.7 Å². The van der Waals surface area contributed by atoms with Crippen LogP contribution in [0.25, 0.3) is 0 Å². The lowest BCUT2D eigenvalue weighted by atomic mass is 10.1. The molecule has 2 aromatic heterocycles. The van der Waals surface area contributed by atoms with Gasteiger partial charge in [-0.2, -0.15) is 0 Å². The lowest BCUT2D eigenvalue weighted by Gasteiger charge is -2.07. The number of pyridine rings is 1. The SMILES string of the molecule is COc1ccc(Cc2nc(C(=O)Nc3cccnc3Cl)cc(=O)[nH]2)cc1. The van der Waals surface area contributed by atoms with E-state index in [-0.39, 0.29) is 10.8 Å². The summed E-state index contributed by atoms with van der Waals surface area (Å²) in [6, 6.07) is 11.7. The monoisotopic (exact) mass is 370 g/mol. The molecule has 0 bridgehead atoms. The maximum absolute atomic E-state index is 12.4. The van der Waals surface area contributed by atoms with Gasteiger partial charge in [-0.15, -0.1) is 0 Å². The van der Waals surface area contributed by atoms with Gasteiger partial charge in [0.25, 0.3) is 11.5 Å². The zero-order valence-electron chi connectivity index (χ0n) is 13.8. The van der Waals surface area contributed by atoms with Gasteiger partial charge in [-0.25, -0.2) is 9.97 Å². The quantitative estimate of drug-likeness (QED) is 0.673. The zero-order valence-corrected chi connectivity index (χ0v) is 14.6. The number of benzene rings is 1. The van der Waals surface area contributed by atoms with Gasteiger partial charge in [0, 0.05) is 18.7 Å². The number of carbonyl (C=O) groups is 1. The molecule has 0 unspecified atom stereocenters. The van der Waals surface area contributed by atoms with Gasteiger partial charge in [0.05, 0.1) is 12.8 Å². The normalized spacial score (nSPS) is 10.4. The van der Waals surface area contributed by atoms with Crippen molar-refractivity contribution in [3.8, 4) is 5.75 Å². The zero-order chi connectivity index (χ0) is 18.5. The third-order valence-electron chi connectivity index (χ3n) is 3.56. The molecule has 3 rings (SSSR count). The van der Waals surface area contributed by atoms with Gasteiger partial charge in [0.15, 0.2) is 5.15 Å². The third kappa shape index (κ3) is 4.25. The molecule has 26 heavy (non-hydrogen) atoms. The molecule has 0 radical (unpaired) electrons. The second-order valence-electron chi connectivity index (χ2n) is 5.40. The summed E-state index contributed by atoms with van der Waals surface area (Å²) in [6.07, 6.45) is 1.88. The molecule has 132 valence electrons. The van der Waals surface area contributed by atoms with Crippen molar-refractivity contribution in [1.29, 1.82) is 0 Å². The van der Waals surface area contributed by atoms with E-state index in [0.29, 0.717) is 17.9 Å². The van der Waals surface area contributed by atoms with Crippen LogP contribution in [-0.2, 0) is 6.42 Å². The van der Waals surface area contributed by atoms with Gasteiger partial charge < -0.3 is 15.0 Å². The highest BCUT2D eigenvalue weighted by Gasteiger charge is 2.13. The Morgan fingerprint density at radius 1 is 1.27 bits per heavy atom. The Labute approximate surface area is 154 Å². The van der Waals surface area contributed by atoms with Crippen LogP contribution in [-0.4, -0.2) is 28.0 Å². The van der Waals surface area contributed by atoms with Gasteiger partial charge in [0.2, 0.25) is 0 Å². The van der Waals surface area contributed by atoms with Crippen LogP contribution < -0.4 is 15.6 Å². The van der Waals surface area contributed by atoms with Crippen molar-refractivity contribution in [3.05, 3.63) is 81.3 Å². The van der Waals surface area contributed by atoms with Gasteiger partial charge in [-0.3, -0.25) is 9.59 Å². The van der Waals surface area contributed by atoms with E-state index in [1.54, 1.807) is 19.2 Å². The average molecular weight is 371 g/mol. The molecule has 7 nitrogen and oxygen atoms in total. The molecule has 0 saturated heterocycles. The van der Waals surface area contributed by atoms with Crippen molar-refractivity contribution < 1.29 is 9.53 Å². The van der Waals surface area contributed by atoms with Crippen molar-refractivity contribution in [2.45, 2.75) is 6.42 Å². The van der Waals surface area contributed by atoms with E-state index in [2.05, 4.69) is 20.3 Å². The Morgan fingerprint density at radius 2 is 2.04 bits per heavy atom. The van der Waals surface area contributed by atoms with E-state index < -0.39 is 11.5 Å². The van der Waals surface area contributed by atoms with Crippen LogP contribution in [0.1, 0.15) is 21.9 Å². The molecule has 0 aliphatic carbocycles. The van der Waals surface area contributed by atoms with E-state index >= 15 is 0 Å². The highest BCUT2D eigenvalue weighted by Crippen LogP contribution is 2.18. The lowest BCUT2D eigenvalue weighted by Crippen LogP contribution is -2.20. The van der Waals surface area contributed by atoms with Crippen LogP contribution in [0.4, 0.5) is 5.69 Å². The molecule has 0 aliphatic heterocycles. The molecule has 3 aromatic rings. The molecule has 0 atom stereocenters. The molecule has 8 heteroatoms. The number of aromatic amines is 1. The fourth-order valence-electron chi connectivity index (χ4n) is 2.31. The second kappa shape index (κ2) is 7.79. The number of hydrogen-bond acceptors (Lipinski definition) is 5.